The summed E-state index contributed by atoms with van der Waals surface area (Å²) in [5.74, 6) is 0. The van der Waals surface area contributed by atoms with E-state index in [-0.39, 0.29) is 0 Å². The van der Waals surface area contributed by atoms with Crippen LogP contribution in [-0.2, 0) is 19.6 Å². The van der Waals surface area contributed by atoms with Crippen LogP contribution in [0.5, 0.6) is 0 Å². The van der Waals surface area contributed by atoms with Gasteiger partial charge in [0.1, 0.15) is 6.10 Å². The van der Waals surface area contributed by atoms with Crippen molar-refractivity contribution in [3.05, 3.63) is 71.1 Å². The maximum atomic E-state index is 10.5. The fraction of sp³-hybridized carbons (Fsp3) is 0.333. The van der Waals surface area contributed by atoms with Crippen LogP contribution in [0.15, 0.2) is 42.7 Å². The maximum Gasteiger partial charge on any atom is 0.123 e. The van der Waals surface area contributed by atoms with Crippen molar-refractivity contribution in [3.63, 3.8) is 0 Å². The van der Waals surface area contributed by atoms with Crippen molar-refractivity contribution >= 4 is 0 Å². The highest BCUT2D eigenvalue weighted by Crippen LogP contribution is 2.24. The summed E-state index contributed by atoms with van der Waals surface area (Å²) in [5.41, 5.74) is 4.94. The number of nitrogens with one attached hydrogen (secondary N) is 1. The molecule has 1 aromatic carbocycles. The molecule has 2 aromatic heterocycles. The van der Waals surface area contributed by atoms with E-state index in [9.17, 15) is 5.11 Å². The zero-order chi connectivity index (χ0) is 16.5. The Labute approximate surface area is 140 Å². The molecule has 0 unspecified atom stereocenters. The number of hydrogen-bond acceptors (Lipinski definition) is 4. The molecule has 0 amide bonds. The van der Waals surface area contributed by atoms with Crippen LogP contribution in [0.25, 0.3) is 0 Å². The van der Waals surface area contributed by atoms with E-state index in [0.29, 0.717) is 5.69 Å². The van der Waals surface area contributed by atoms with Crippen molar-refractivity contribution in [2.75, 3.05) is 6.54 Å². The Hall–Kier alpha value is -2.44. The smallest absolute Gasteiger partial charge is 0.123 e. The Morgan fingerprint density at radius 3 is 2.83 bits per heavy atom. The summed E-state index contributed by atoms with van der Waals surface area (Å²) < 4.78 is 2.01. The van der Waals surface area contributed by atoms with Gasteiger partial charge in [0.05, 0.1) is 30.0 Å². The van der Waals surface area contributed by atoms with Gasteiger partial charge in [-0.25, -0.2) is 4.98 Å². The van der Waals surface area contributed by atoms with Crippen molar-refractivity contribution in [1.29, 1.82) is 0 Å². The van der Waals surface area contributed by atoms with E-state index in [1.54, 1.807) is 6.33 Å². The summed E-state index contributed by atoms with van der Waals surface area (Å²) in [6, 6.07) is 11.7. The zero-order valence-electron chi connectivity index (χ0n) is 13.7. The van der Waals surface area contributed by atoms with Gasteiger partial charge in [-0.1, -0.05) is 30.3 Å². The predicted octanol–water partition coefficient (Wildman–Crippen LogP) is 2.01. The molecule has 0 aliphatic carbocycles. The minimum absolute atomic E-state index is 0.675. The Morgan fingerprint density at radius 1 is 1.25 bits per heavy atom. The first-order chi connectivity index (χ1) is 11.7. The number of H-pyrrole nitrogens is 1. The van der Waals surface area contributed by atoms with Gasteiger partial charge in [0.15, 0.2) is 0 Å². The number of rotatable bonds is 4. The Morgan fingerprint density at radius 2 is 2.08 bits per heavy atom. The van der Waals surface area contributed by atoms with E-state index >= 15 is 0 Å². The van der Waals surface area contributed by atoms with Gasteiger partial charge in [0.2, 0.25) is 0 Å². The Balaban J connectivity index is 1.51. The third-order valence-electron chi connectivity index (χ3n) is 4.60. The van der Waals surface area contributed by atoms with Gasteiger partial charge in [0, 0.05) is 25.3 Å². The number of hydrogen-bond donors (Lipinski definition) is 2. The van der Waals surface area contributed by atoms with E-state index < -0.39 is 6.10 Å². The molecule has 6 heteroatoms. The normalized spacial score (nSPS) is 16.1. The first-order valence-electron chi connectivity index (χ1n) is 8.21. The Bertz CT molecular complexity index is 823. The van der Waals surface area contributed by atoms with E-state index in [0.717, 1.165) is 48.8 Å². The molecule has 0 bridgehead atoms. The molecule has 0 saturated heterocycles. The summed E-state index contributed by atoms with van der Waals surface area (Å²) in [4.78, 5) is 9.87. The first-order valence-corrected chi connectivity index (χ1v) is 8.21. The number of aryl methyl sites for hydroxylation is 1. The molecule has 3 aromatic rings. The number of fused-ring (bicyclic) bond motifs is 1. The van der Waals surface area contributed by atoms with Gasteiger partial charge in [0.25, 0.3) is 0 Å². The molecule has 24 heavy (non-hydrogen) atoms. The van der Waals surface area contributed by atoms with Crippen molar-refractivity contribution < 1.29 is 5.11 Å². The Kier molecular flexibility index (Phi) is 3.92. The summed E-state index contributed by atoms with van der Waals surface area (Å²) in [6.07, 6.45) is 1.07. The van der Waals surface area contributed by atoms with E-state index in [4.69, 9.17) is 0 Å². The third kappa shape index (κ3) is 2.86. The number of aliphatic hydroxyl groups excluding tert-OH is 1. The van der Waals surface area contributed by atoms with E-state index in [2.05, 4.69) is 20.0 Å². The van der Waals surface area contributed by atoms with Crippen LogP contribution in [0.1, 0.15) is 34.4 Å². The molecular formula is C18H21N5O. The van der Waals surface area contributed by atoms with Crippen LogP contribution < -0.4 is 0 Å². The molecule has 3 heterocycles. The highest BCUT2D eigenvalue weighted by Gasteiger charge is 2.22. The van der Waals surface area contributed by atoms with Gasteiger partial charge >= 0.3 is 0 Å². The molecule has 1 aliphatic heterocycles. The topological polar surface area (TPSA) is 70.0 Å². The van der Waals surface area contributed by atoms with Gasteiger partial charge < -0.3 is 10.1 Å². The van der Waals surface area contributed by atoms with E-state index in [1.165, 1.54) is 0 Å². The number of benzene rings is 1. The second kappa shape index (κ2) is 6.22. The van der Waals surface area contributed by atoms with Gasteiger partial charge in [-0.3, -0.25) is 9.58 Å². The minimum Gasteiger partial charge on any atom is -0.382 e. The lowest BCUT2D eigenvalue weighted by molar-refractivity contribution is 0.198. The lowest BCUT2D eigenvalue weighted by Gasteiger charge is -2.26. The van der Waals surface area contributed by atoms with Gasteiger partial charge in [-0.05, 0) is 18.6 Å². The van der Waals surface area contributed by atoms with Crippen molar-refractivity contribution in [1.82, 2.24) is 24.6 Å². The van der Waals surface area contributed by atoms with Crippen LogP contribution in [0, 0.1) is 6.92 Å². The highest BCUT2D eigenvalue weighted by atomic mass is 16.3. The van der Waals surface area contributed by atoms with Crippen LogP contribution in [-0.4, -0.2) is 36.3 Å². The quantitative estimate of drug-likeness (QED) is 0.770. The lowest BCUT2D eigenvalue weighted by Crippen LogP contribution is -2.33. The predicted molar refractivity (Wildman–Crippen MR) is 90.2 cm³/mol. The van der Waals surface area contributed by atoms with Gasteiger partial charge in [-0.2, -0.15) is 5.10 Å². The number of nitrogens with zero attached hydrogens (tertiary/aromatic N) is 4. The molecule has 0 spiro atoms. The fourth-order valence-electron chi connectivity index (χ4n) is 3.18. The number of imidazole rings is 1. The minimum atomic E-state index is -0.675. The molecular weight excluding hydrogens is 302 g/mol. The number of aliphatic hydroxyl groups is 1. The molecule has 6 nitrogen and oxygen atoms in total. The SMILES string of the molecule is Cc1[nH]cnc1CN1CCn2nc([C@H](O)c3ccccc3)cc2C1. The third-order valence-corrected chi connectivity index (χ3v) is 4.60. The number of aromatic amines is 1. The second-order valence-electron chi connectivity index (χ2n) is 6.28. The summed E-state index contributed by atoms with van der Waals surface area (Å²) in [6.45, 7) is 5.46. The first kappa shape index (κ1) is 15.1. The molecule has 4 rings (SSSR count). The standard InChI is InChI=1S/C18H21N5O/c1-13-17(20-12-19-13)11-22-7-8-23-15(10-22)9-16(21-23)18(24)14-5-3-2-4-6-14/h2-6,9,12,18,24H,7-8,10-11H2,1H3,(H,19,20)/t18-/m1/s1. The number of aromatic nitrogens is 4. The summed E-state index contributed by atoms with van der Waals surface area (Å²) >= 11 is 0. The average molecular weight is 323 g/mol. The summed E-state index contributed by atoms with van der Waals surface area (Å²) in [7, 11) is 0. The van der Waals surface area contributed by atoms with Crippen molar-refractivity contribution in [3.8, 4) is 0 Å². The molecule has 0 radical (unpaired) electrons. The molecule has 1 aliphatic rings. The lowest BCUT2D eigenvalue weighted by atomic mass is 10.1. The van der Waals surface area contributed by atoms with Crippen LogP contribution in [0.3, 0.4) is 0 Å². The van der Waals surface area contributed by atoms with Gasteiger partial charge in [-0.15, -0.1) is 0 Å². The average Bonchev–Trinajstić information content (AvgIpc) is 3.21. The van der Waals surface area contributed by atoms with Crippen LogP contribution >= 0.6 is 0 Å². The highest BCUT2D eigenvalue weighted by molar-refractivity contribution is 5.27. The maximum absolute atomic E-state index is 10.5. The van der Waals surface area contributed by atoms with Crippen LogP contribution in [0.4, 0.5) is 0 Å². The largest absolute Gasteiger partial charge is 0.382 e. The van der Waals surface area contributed by atoms with Crippen molar-refractivity contribution in [2.45, 2.75) is 32.7 Å². The molecule has 0 fully saturated rings. The molecule has 124 valence electrons. The van der Waals surface area contributed by atoms with Crippen LogP contribution in [0.2, 0.25) is 0 Å². The molecule has 2 N–H and O–H groups in total. The van der Waals surface area contributed by atoms with Crippen molar-refractivity contribution in [2.24, 2.45) is 0 Å². The second-order valence-corrected chi connectivity index (χ2v) is 6.28. The molecule has 1 atom stereocenters. The van der Waals surface area contributed by atoms with E-state index in [1.807, 2.05) is 48.0 Å². The molecule has 0 saturated carbocycles. The fourth-order valence-corrected chi connectivity index (χ4v) is 3.18. The zero-order valence-corrected chi connectivity index (χ0v) is 13.7. The monoisotopic (exact) mass is 323 g/mol. The summed E-state index contributed by atoms with van der Waals surface area (Å²) in [5, 5.41) is 15.1.